The molecular formula is C10H10FN3O. The third-order valence-electron chi connectivity index (χ3n) is 1.84. The van der Waals surface area contributed by atoms with Crippen molar-refractivity contribution in [3.8, 4) is 6.07 Å². The molecule has 0 aliphatic heterocycles. The maximum Gasteiger partial charge on any atom is 0.272 e. The SMILES string of the molecule is CN(CCC#N)C(=O)c1cccc(F)n1. The van der Waals surface area contributed by atoms with Crippen LogP contribution in [0, 0.1) is 17.3 Å². The number of hydrogen-bond donors (Lipinski definition) is 0. The Hall–Kier alpha value is -1.96. The lowest BCUT2D eigenvalue weighted by atomic mass is 10.3. The van der Waals surface area contributed by atoms with Crippen molar-refractivity contribution < 1.29 is 9.18 Å². The van der Waals surface area contributed by atoms with Crippen molar-refractivity contribution in [2.24, 2.45) is 0 Å². The molecule has 0 unspecified atom stereocenters. The lowest BCUT2D eigenvalue weighted by molar-refractivity contribution is 0.0791. The van der Waals surface area contributed by atoms with E-state index in [9.17, 15) is 9.18 Å². The zero-order chi connectivity index (χ0) is 11.3. The van der Waals surface area contributed by atoms with Crippen molar-refractivity contribution in [3.63, 3.8) is 0 Å². The van der Waals surface area contributed by atoms with Crippen LogP contribution in [-0.4, -0.2) is 29.4 Å². The third-order valence-corrected chi connectivity index (χ3v) is 1.84. The second-order valence-electron chi connectivity index (χ2n) is 2.98. The Balaban J connectivity index is 2.72. The Bertz CT molecular complexity index is 400. The highest BCUT2D eigenvalue weighted by Crippen LogP contribution is 2.02. The van der Waals surface area contributed by atoms with Crippen LogP contribution in [0.3, 0.4) is 0 Å². The van der Waals surface area contributed by atoms with Crippen LogP contribution in [0.2, 0.25) is 0 Å². The van der Waals surface area contributed by atoms with Gasteiger partial charge in [-0.3, -0.25) is 4.79 Å². The van der Waals surface area contributed by atoms with Crippen LogP contribution in [0.5, 0.6) is 0 Å². The summed E-state index contributed by atoms with van der Waals surface area (Å²) in [6.45, 7) is 0.313. The summed E-state index contributed by atoms with van der Waals surface area (Å²) in [6, 6.07) is 5.96. The van der Waals surface area contributed by atoms with E-state index in [0.29, 0.717) is 6.54 Å². The Morgan fingerprint density at radius 3 is 3.00 bits per heavy atom. The van der Waals surface area contributed by atoms with Gasteiger partial charge in [0.05, 0.1) is 12.5 Å². The topological polar surface area (TPSA) is 57.0 Å². The molecule has 0 aromatic carbocycles. The fourth-order valence-electron chi connectivity index (χ4n) is 1.04. The number of nitrogens with zero attached hydrogens (tertiary/aromatic N) is 3. The quantitative estimate of drug-likeness (QED) is 0.700. The van der Waals surface area contributed by atoms with Crippen molar-refractivity contribution in [2.75, 3.05) is 13.6 Å². The first-order valence-electron chi connectivity index (χ1n) is 4.40. The van der Waals surface area contributed by atoms with E-state index < -0.39 is 5.95 Å². The molecule has 0 fully saturated rings. The number of aromatic nitrogens is 1. The minimum Gasteiger partial charge on any atom is -0.339 e. The fourth-order valence-corrected chi connectivity index (χ4v) is 1.04. The number of pyridine rings is 1. The van der Waals surface area contributed by atoms with Gasteiger partial charge in [-0.05, 0) is 12.1 Å². The molecule has 0 bridgehead atoms. The van der Waals surface area contributed by atoms with Crippen molar-refractivity contribution >= 4 is 5.91 Å². The van der Waals surface area contributed by atoms with Gasteiger partial charge in [-0.1, -0.05) is 6.07 Å². The van der Waals surface area contributed by atoms with Gasteiger partial charge in [0.1, 0.15) is 5.69 Å². The highest BCUT2D eigenvalue weighted by atomic mass is 19.1. The lowest BCUT2D eigenvalue weighted by Crippen LogP contribution is -2.28. The van der Waals surface area contributed by atoms with Crippen molar-refractivity contribution in [3.05, 3.63) is 29.8 Å². The first-order chi connectivity index (χ1) is 7.15. The third kappa shape index (κ3) is 3.02. The Morgan fingerprint density at radius 1 is 1.67 bits per heavy atom. The standard InChI is InChI=1S/C10H10FN3O/c1-14(7-3-6-12)10(15)8-4-2-5-9(11)13-8/h2,4-5H,3,7H2,1H3. The fraction of sp³-hybridized carbons (Fsp3) is 0.300. The monoisotopic (exact) mass is 207 g/mol. The molecule has 1 aromatic heterocycles. The maximum absolute atomic E-state index is 12.7. The molecule has 15 heavy (non-hydrogen) atoms. The van der Waals surface area contributed by atoms with Gasteiger partial charge in [0.25, 0.3) is 5.91 Å². The van der Waals surface area contributed by atoms with E-state index in [0.717, 1.165) is 0 Å². The molecule has 0 aliphatic carbocycles. The van der Waals surface area contributed by atoms with Crippen LogP contribution in [0.15, 0.2) is 18.2 Å². The van der Waals surface area contributed by atoms with Gasteiger partial charge in [-0.25, -0.2) is 4.98 Å². The van der Waals surface area contributed by atoms with Gasteiger partial charge < -0.3 is 4.90 Å². The van der Waals surface area contributed by atoms with Crippen LogP contribution >= 0.6 is 0 Å². The summed E-state index contributed by atoms with van der Waals surface area (Å²) in [4.78, 5) is 16.4. The Morgan fingerprint density at radius 2 is 2.40 bits per heavy atom. The molecular weight excluding hydrogens is 197 g/mol. The number of carbonyl (C=O) groups excluding carboxylic acids is 1. The highest BCUT2D eigenvalue weighted by molar-refractivity contribution is 5.92. The number of nitriles is 1. The number of halogens is 1. The molecule has 0 N–H and O–H groups in total. The molecule has 1 amide bonds. The van der Waals surface area contributed by atoms with Crippen LogP contribution in [0.1, 0.15) is 16.9 Å². The summed E-state index contributed by atoms with van der Waals surface area (Å²) in [6.07, 6.45) is 0.248. The highest BCUT2D eigenvalue weighted by Gasteiger charge is 2.12. The van der Waals surface area contributed by atoms with E-state index in [1.54, 1.807) is 7.05 Å². The van der Waals surface area contributed by atoms with Gasteiger partial charge in [0.15, 0.2) is 0 Å². The largest absolute Gasteiger partial charge is 0.339 e. The zero-order valence-electron chi connectivity index (χ0n) is 8.27. The summed E-state index contributed by atoms with van der Waals surface area (Å²) in [5, 5.41) is 8.35. The van der Waals surface area contributed by atoms with Gasteiger partial charge in [-0.2, -0.15) is 9.65 Å². The van der Waals surface area contributed by atoms with Crippen molar-refractivity contribution in [1.82, 2.24) is 9.88 Å². The molecule has 1 heterocycles. The van der Waals surface area contributed by atoms with Gasteiger partial charge >= 0.3 is 0 Å². The minimum atomic E-state index is -0.686. The first-order valence-corrected chi connectivity index (χ1v) is 4.40. The van der Waals surface area contributed by atoms with E-state index in [1.165, 1.54) is 23.1 Å². The van der Waals surface area contributed by atoms with Gasteiger partial charge in [0.2, 0.25) is 5.95 Å². The zero-order valence-corrected chi connectivity index (χ0v) is 8.27. The second-order valence-corrected chi connectivity index (χ2v) is 2.98. The van der Waals surface area contributed by atoms with E-state index in [2.05, 4.69) is 4.98 Å². The van der Waals surface area contributed by atoms with Crippen molar-refractivity contribution in [1.29, 1.82) is 5.26 Å². The Labute approximate surface area is 87.0 Å². The lowest BCUT2D eigenvalue weighted by Gasteiger charge is -2.14. The number of rotatable bonds is 3. The van der Waals surface area contributed by atoms with Crippen LogP contribution in [-0.2, 0) is 0 Å². The van der Waals surface area contributed by atoms with Gasteiger partial charge in [0, 0.05) is 13.6 Å². The van der Waals surface area contributed by atoms with Crippen LogP contribution in [0.4, 0.5) is 4.39 Å². The second kappa shape index (κ2) is 5.05. The number of carbonyl (C=O) groups is 1. The molecule has 0 atom stereocenters. The average molecular weight is 207 g/mol. The van der Waals surface area contributed by atoms with E-state index in [-0.39, 0.29) is 18.0 Å². The minimum absolute atomic E-state index is 0.0513. The maximum atomic E-state index is 12.7. The van der Waals surface area contributed by atoms with E-state index in [4.69, 9.17) is 5.26 Å². The Kier molecular flexibility index (Phi) is 3.75. The summed E-state index contributed by atoms with van der Waals surface area (Å²) < 4.78 is 12.7. The van der Waals surface area contributed by atoms with E-state index in [1.807, 2.05) is 6.07 Å². The molecule has 0 aliphatic rings. The summed E-state index contributed by atoms with van der Waals surface area (Å²) in [5.74, 6) is -1.07. The summed E-state index contributed by atoms with van der Waals surface area (Å²) >= 11 is 0. The van der Waals surface area contributed by atoms with Gasteiger partial charge in [-0.15, -0.1) is 0 Å². The van der Waals surface area contributed by atoms with Crippen LogP contribution in [0.25, 0.3) is 0 Å². The number of hydrogen-bond acceptors (Lipinski definition) is 3. The van der Waals surface area contributed by atoms with E-state index >= 15 is 0 Å². The molecule has 0 radical (unpaired) electrons. The first kappa shape index (κ1) is 11.1. The molecule has 1 rings (SSSR count). The molecule has 5 heteroatoms. The smallest absolute Gasteiger partial charge is 0.272 e. The molecule has 0 saturated carbocycles. The normalized spacial score (nSPS) is 9.40. The summed E-state index contributed by atoms with van der Waals surface area (Å²) in [5.41, 5.74) is 0.0513. The van der Waals surface area contributed by atoms with Crippen molar-refractivity contribution in [2.45, 2.75) is 6.42 Å². The summed E-state index contributed by atoms with van der Waals surface area (Å²) in [7, 11) is 1.55. The predicted octanol–water partition coefficient (Wildman–Crippen LogP) is 1.21. The molecule has 4 nitrogen and oxygen atoms in total. The number of amides is 1. The molecule has 0 saturated heterocycles. The average Bonchev–Trinajstić information content (AvgIpc) is 2.24. The van der Waals surface area contributed by atoms with Crippen LogP contribution < -0.4 is 0 Å². The molecule has 0 spiro atoms. The molecule has 1 aromatic rings. The predicted molar refractivity (Wildman–Crippen MR) is 51.4 cm³/mol. The molecule has 78 valence electrons.